The Morgan fingerprint density at radius 2 is 1.67 bits per heavy atom. The smallest absolute Gasteiger partial charge is 0.301 e. The SMILES string of the molecule is Cc1ncsc1-c1ccc(CNC(=O)[C@@H]2C[C@@H](O)CN2C(=O)[C@@H](NC(=O)COCCCN2CCN(c3ncc(-c4cnc5[nH]cc(C(=O)c6c(F)ccc(NS(=O)(=O)N7CC[C@@H](F)C7)c6F)c5c4)cn3)CC2)C(C)(C)C)cc1. The third-order valence-electron chi connectivity index (χ3n) is 14.1. The lowest BCUT2D eigenvalue weighted by Crippen LogP contribution is -2.58. The number of aromatic amines is 1. The maximum Gasteiger partial charge on any atom is 0.301 e. The predicted molar refractivity (Wildman–Crippen MR) is 286 cm³/mol. The maximum atomic E-state index is 15.8. The number of piperazine rings is 1. The molecule has 0 spiro atoms. The molecule has 7 heterocycles. The van der Waals surface area contributed by atoms with E-state index in [2.05, 4.69) is 40.5 Å². The number of amides is 3. The van der Waals surface area contributed by atoms with E-state index in [1.807, 2.05) is 61.6 Å². The lowest BCUT2D eigenvalue weighted by Gasteiger charge is -2.35. The Kier molecular flexibility index (Phi) is 16.9. The van der Waals surface area contributed by atoms with Gasteiger partial charge in [0.15, 0.2) is 5.82 Å². The summed E-state index contributed by atoms with van der Waals surface area (Å²) in [6.45, 7) is 10.5. The first kappa shape index (κ1) is 55.8. The van der Waals surface area contributed by atoms with Crippen molar-refractivity contribution in [2.75, 3.05) is 75.2 Å². The molecule has 25 heteroatoms. The lowest BCUT2D eigenvalue weighted by atomic mass is 9.85. The molecule has 0 radical (unpaired) electrons. The van der Waals surface area contributed by atoms with Gasteiger partial charge in [0.2, 0.25) is 29.5 Å². The molecule has 0 bridgehead atoms. The molecule has 78 heavy (non-hydrogen) atoms. The van der Waals surface area contributed by atoms with Gasteiger partial charge in [0.1, 0.15) is 36.3 Å². The third-order valence-corrected chi connectivity index (χ3v) is 16.6. The number of alkyl halides is 1. The number of aromatic nitrogens is 5. The minimum atomic E-state index is -4.39. The van der Waals surface area contributed by atoms with Gasteiger partial charge in [-0.1, -0.05) is 45.0 Å². The number of ether oxygens (including phenoxy) is 1. The molecule has 2 aromatic carbocycles. The summed E-state index contributed by atoms with van der Waals surface area (Å²) in [6, 6.07) is 9.17. The molecular weight excluding hydrogens is 1050 g/mol. The number of fused-ring (bicyclic) bond motifs is 1. The Balaban J connectivity index is 0.719. The van der Waals surface area contributed by atoms with Gasteiger partial charge in [-0.2, -0.15) is 12.7 Å². The Labute approximate surface area is 453 Å². The average Bonchev–Trinajstić information content (AvgIpc) is 4.25. The van der Waals surface area contributed by atoms with Crippen LogP contribution in [-0.2, 0) is 35.9 Å². The molecule has 0 unspecified atom stereocenters. The number of anilines is 2. The molecule has 3 aliphatic heterocycles. The Morgan fingerprint density at radius 3 is 2.35 bits per heavy atom. The first-order chi connectivity index (χ1) is 37.2. The number of hydrogen-bond acceptors (Lipinski definition) is 15. The molecule has 6 aromatic rings. The zero-order valence-corrected chi connectivity index (χ0v) is 45.1. The Morgan fingerprint density at radius 1 is 0.936 bits per heavy atom. The quantitative estimate of drug-likeness (QED) is 0.0530. The van der Waals surface area contributed by atoms with Crippen LogP contribution in [0.5, 0.6) is 0 Å². The minimum absolute atomic E-state index is 0.0175. The number of aliphatic hydroxyl groups excluding tert-OH is 1. The van der Waals surface area contributed by atoms with E-state index < -0.39 is 87.0 Å². The van der Waals surface area contributed by atoms with Crippen LogP contribution in [0.15, 0.2) is 72.8 Å². The number of benzene rings is 2. The zero-order valence-electron chi connectivity index (χ0n) is 43.5. The number of aliphatic hydroxyl groups is 1. The number of carbonyl (C=O) groups is 4. The van der Waals surface area contributed by atoms with Crippen molar-refractivity contribution in [2.45, 2.75) is 77.9 Å². The summed E-state index contributed by atoms with van der Waals surface area (Å²) in [5.74, 6) is -4.51. The molecule has 20 nitrogen and oxygen atoms in total. The van der Waals surface area contributed by atoms with Crippen molar-refractivity contribution in [3.63, 3.8) is 0 Å². The highest BCUT2D eigenvalue weighted by Gasteiger charge is 2.44. The number of H-pyrrole nitrogens is 1. The second kappa shape index (κ2) is 23.6. The van der Waals surface area contributed by atoms with Gasteiger partial charge in [0, 0.05) is 119 Å². The van der Waals surface area contributed by atoms with Crippen molar-refractivity contribution in [2.24, 2.45) is 5.41 Å². The first-order valence-corrected chi connectivity index (χ1v) is 27.9. The van der Waals surface area contributed by atoms with Crippen LogP contribution in [0.1, 0.15) is 67.2 Å². The van der Waals surface area contributed by atoms with Crippen LogP contribution in [0.2, 0.25) is 0 Å². The molecule has 4 atom stereocenters. The molecule has 3 amide bonds. The highest BCUT2D eigenvalue weighted by atomic mass is 32.2. The monoisotopic (exact) mass is 1110 g/mol. The van der Waals surface area contributed by atoms with E-state index >= 15 is 8.78 Å². The van der Waals surface area contributed by atoms with Gasteiger partial charge < -0.3 is 35.3 Å². The van der Waals surface area contributed by atoms with Crippen LogP contribution < -0.4 is 20.3 Å². The summed E-state index contributed by atoms with van der Waals surface area (Å²) >= 11 is 1.56. The zero-order chi connectivity index (χ0) is 55.5. The van der Waals surface area contributed by atoms with Gasteiger partial charge in [-0.25, -0.2) is 33.1 Å². The molecule has 5 N–H and O–H groups in total. The van der Waals surface area contributed by atoms with E-state index in [-0.39, 0.29) is 61.6 Å². The summed E-state index contributed by atoms with van der Waals surface area (Å²) in [5.41, 5.74) is 3.51. The number of hydrogen-bond donors (Lipinski definition) is 5. The van der Waals surface area contributed by atoms with Crippen molar-refractivity contribution in [3.8, 4) is 21.6 Å². The largest absolute Gasteiger partial charge is 0.391 e. The molecular formula is C53H61F3N12O8S2. The van der Waals surface area contributed by atoms with E-state index in [1.165, 1.54) is 17.3 Å². The van der Waals surface area contributed by atoms with Crippen LogP contribution in [0, 0.1) is 24.0 Å². The van der Waals surface area contributed by atoms with E-state index in [4.69, 9.17) is 4.74 Å². The summed E-state index contributed by atoms with van der Waals surface area (Å²) < 4.78 is 78.9. The number of thiazole rings is 1. The van der Waals surface area contributed by atoms with Gasteiger partial charge in [0.05, 0.1) is 33.4 Å². The van der Waals surface area contributed by atoms with Crippen LogP contribution >= 0.6 is 11.3 Å². The topological polar surface area (TPSA) is 248 Å². The van der Waals surface area contributed by atoms with E-state index in [0.717, 1.165) is 38.1 Å². The number of β-amino-alcohol motifs (C(OH)–C–C–N with tert-alkyl or cyclic N) is 1. The van der Waals surface area contributed by atoms with Gasteiger partial charge >= 0.3 is 10.2 Å². The average molecular weight is 1120 g/mol. The van der Waals surface area contributed by atoms with Gasteiger partial charge in [-0.05, 0) is 54.5 Å². The summed E-state index contributed by atoms with van der Waals surface area (Å²) in [7, 11) is -4.39. The Bertz CT molecular complexity index is 3280. The van der Waals surface area contributed by atoms with Crippen molar-refractivity contribution in [3.05, 3.63) is 107 Å². The summed E-state index contributed by atoms with van der Waals surface area (Å²) in [4.78, 5) is 82.0. The molecule has 4 aromatic heterocycles. The summed E-state index contributed by atoms with van der Waals surface area (Å²) in [5, 5.41) is 16.6. The number of carbonyl (C=O) groups excluding carboxylic acids is 4. The standard InChI is InChI=1S/C53H61F3N12O8S2/c1-31-47(77-30-62-31)33-8-6-32(7-9-33)22-59-50(72)42-21-37(69)28-68(42)51(73)48(53(2,3)4)63-43(70)29-76-19-5-13-65-15-17-66(18-16-65)52-60-24-35(25-61-52)34-20-38-39(26-58-49(38)57-23-34)46(71)44-40(55)10-11-41(45(44)56)64-78(74,75)67-14-12-36(54)27-67/h6-11,20,23-26,30,36-37,42,48,64,69H,5,12-19,21-22,27-29H2,1-4H3,(H,57,58)(H,59,72)(H,63,70)/t36-,37-,42+,48-/m1/s1. The molecule has 414 valence electrons. The van der Waals surface area contributed by atoms with Crippen molar-refractivity contribution < 1.29 is 50.6 Å². The number of likely N-dealkylation sites (tertiary alicyclic amines) is 1. The van der Waals surface area contributed by atoms with Crippen LogP contribution in [0.25, 0.3) is 32.6 Å². The van der Waals surface area contributed by atoms with Gasteiger partial charge in [-0.3, -0.25) is 28.8 Å². The molecule has 9 rings (SSSR count). The van der Waals surface area contributed by atoms with Crippen molar-refractivity contribution >= 4 is 67.7 Å². The number of nitrogens with one attached hydrogen (secondary N) is 4. The van der Waals surface area contributed by atoms with Crippen molar-refractivity contribution in [1.29, 1.82) is 0 Å². The third kappa shape index (κ3) is 12.7. The Hall–Kier alpha value is -6.90. The normalized spacial score (nSPS) is 18.8. The molecule has 0 saturated carbocycles. The molecule has 3 aliphatic rings. The predicted octanol–water partition coefficient (Wildman–Crippen LogP) is 5.00. The molecule has 3 saturated heterocycles. The fourth-order valence-electron chi connectivity index (χ4n) is 9.78. The number of pyridine rings is 1. The second-order valence-electron chi connectivity index (χ2n) is 20.7. The highest BCUT2D eigenvalue weighted by Crippen LogP contribution is 2.32. The number of rotatable bonds is 19. The van der Waals surface area contributed by atoms with Gasteiger partial charge in [-0.15, -0.1) is 11.3 Å². The molecule has 0 aliphatic carbocycles. The van der Waals surface area contributed by atoms with E-state index in [9.17, 15) is 37.1 Å². The van der Waals surface area contributed by atoms with Crippen LogP contribution in [0.3, 0.4) is 0 Å². The number of halogens is 3. The number of nitrogens with zero attached hydrogens (tertiary/aromatic N) is 8. The fourth-order valence-corrected chi connectivity index (χ4v) is 11.9. The highest BCUT2D eigenvalue weighted by molar-refractivity contribution is 7.90. The van der Waals surface area contributed by atoms with E-state index in [0.29, 0.717) is 62.8 Å². The molecule has 3 fully saturated rings. The minimum Gasteiger partial charge on any atom is -0.391 e. The van der Waals surface area contributed by atoms with Crippen molar-refractivity contribution in [1.82, 2.24) is 49.7 Å². The van der Waals surface area contributed by atoms with Gasteiger partial charge in [0.25, 0.3) is 0 Å². The van der Waals surface area contributed by atoms with E-state index in [1.54, 1.807) is 35.3 Å². The summed E-state index contributed by atoms with van der Waals surface area (Å²) in [6.07, 6.45) is 4.46. The van der Waals surface area contributed by atoms with Crippen LogP contribution in [0.4, 0.5) is 24.8 Å². The second-order valence-corrected chi connectivity index (χ2v) is 23.3. The maximum absolute atomic E-state index is 15.8. The van der Waals surface area contributed by atoms with Crippen LogP contribution in [-0.4, -0.2) is 166 Å². The lowest BCUT2D eigenvalue weighted by molar-refractivity contribution is -0.144. The fraction of sp³-hybridized carbons (Fsp3) is 0.434. The number of ketones is 1. The number of aryl methyl sites for hydroxylation is 1. The first-order valence-electron chi connectivity index (χ1n) is 25.6.